The number of Topliss-reactive ketones (excluding diaryl/α,β-unsaturated/α-hetero) is 1. The van der Waals surface area contributed by atoms with Gasteiger partial charge in [0.15, 0.2) is 5.78 Å². The zero-order chi connectivity index (χ0) is 20.7. The Bertz CT molecular complexity index is 797. The SMILES string of the molecule is Cc1cc(C)cc(CCCC(=O)c2ccc(COCC(C)(N)CO)c(Cl)c2)c1. The normalized spacial score (nSPS) is 13.4. The van der Waals surface area contributed by atoms with E-state index in [1.165, 1.54) is 16.7 Å². The number of hydrogen-bond donors (Lipinski definition) is 2. The van der Waals surface area contributed by atoms with Crippen LogP contribution in [0.2, 0.25) is 5.02 Å². The maximum Gasteiger partial charge on any atom is 0.162 e. The van der Waals surface area contributed by atoms with Crippen LogP contribution in [0.4, 0.5) is 0 Å². The van der Waals surface area contributed by atoms with Gasteiger partial charge in [0.1, 0.15) is 0 Å². The molecule has 0 aliphatic carbocycles. The van der Waals surface area contributed by atoms with Crippen LogP contribution >= 0.6 is 11.6 Å². The second-order valence-electron chi connectivity index (χ2n) is 7.88. The third-order valence-corrected chi connectivity index (χ3v) is 4.93. The molecule has 152 valence electrons. The Labute approximate surface area is 172 Å². The molecule has 0 heterocycles. The molecule has 0 aromatic heterocycles. The highest BCUT2D eigenvalue weighted by Gasteiger charge is 2.17. The molecule has 2 aromatic rings. The van der Waals surface area contributed by atoms with Crippen molar-refractivity contribution in [1.29, 1.82) is 0 Å². The van der Waals surface area contributed by atoms with Crippen molar-refractivity contribution in [2.75, 3.05) is 13.2 Å². The summed E-state index contributed by atoms with van der Waals surface area (Å²) in [4.78, 5) is 12.5. The summed E-state index contributed by atoms with van der Waals surface area (Å²) in [6, 6.07) is 11.8. The van der Waals surface area contributed by atoms with E-state index in [-0.39, 0.29) is 25.6 Å². The average molecular weight is 404 g/mol. The summed E-state index contributed by atoms with van der Waals surface area (Å²) < 4.78 is 5.54. The lowest BCUT2D eigenvalue weighted by Crippen LogP contribution is -2.44. The van der Waals surface area contributed by atoms with Gasteiger partial charge in [-0.2, -0.15) is 0 Å². The molecule has 2 rings (SSSR count). The van der Waals surface area contributed by atoms with Crippen molar-refractivity contribution in [3.05, 3.63) is 69.2 Å². The topological polar surface area (TPSA) is 72.5 Å². The number of carbonyl (C=O) groups excluding carboxylic acids is 1. The molecule has 0 aliphatic rings. The molecule has 28 heavy (non-hydrogen) atoms. The fourth-order valence-electron chi connectivity index (χ4n) is 3.09. The quantitative estimate of drug-likeness (QED) is 0.577. The van der Waals surface area contributed by atoms with Crippen LogP contribution in [0.3, 0.4) is 0 Å². The summed E-state index contributed by atoms with van der Waals surface area (Å²) in [5, 5.41) is 9.65. The molecule has 0 aliphatic heterocycles. The molecule has 0 saturated heterocycles. The second-order valence-corrected chi connectivity index (χ2v) is 8.29. The Morgan fingerprint density at radius 3 is 2.46 bits per heavy atom. The number of rotatable bonds is 10. The van der Waals surface area contributed by atoms with Crippen LogP contribution in [0, 0.1) is 13.8 Å². The zero-order valence-corrected chi connectivity index (χ0v) is 17.7. The minimum atomic E-state index is -0.780. The van der Waals surface area contributed by atoms with E-state index in [2.05, 4.69) is 32.0 Å². The van der Waals surface area contributed by atoms with E-state index < -0.39 is 5.54 Å². The number of aliphatic hydroxyl groups excluding tert-OH is 1. The first-order chi connectivity index (χ1) is 13.2. The van der Waals surface area contributed by atoms with Gasteiger partial charge in [-0.25, -0.2) is 0 Å². The van der Waals surface area contributed by atoms with Gasteiger partial charge in [-0.15, -0.1) is 0 Å². The number of ether oxygens (including phenoxy) is 1. The molecule has 3 N–H and O–H groups in total. The molecule has 0 fully saturated rings. The summed E-state index contributed by atoms with van der Waals surface area (Å²) in [6.45, 7) is 6.25. The van der Waals surface area contributed by atoms with Crippen LogP contribution in [-0.4, -0.2) is 29.6 Å². The van der Waals surface area contributed by atoms with Crippen LogP contribution in [-0.2, 0) is 17.8 Å². The smallest absolute Gasteiger partial charge is 0.162 e. The third kappa shape index (κ3) is 7.02. The van der Waals surface area contributed by atoms with E-state index in [0.29, 0.717) is 17.0 Å². The maximum atomic E-state index is 12.5. The van der Waals surface area contributed by atoms with Gasteiger partial charge >= 0.3 is 0 Å². The summed E-state index contributed by atoms with van der Waals surface area (Å²) >= 11 is 6.31. The van der Waals surface area contributed by atoms with Gasteiger partial charge in [-0.05, 0) is 50.8 Å². The molecule has 0 amide bonds. The minimum absolute atomic E-state index is 0.0913. The number of nitrogens with two attached hydrogens (primary N) is 1. The van der Waals surface area contributed by atoms with E-state index in [1.807, 2.05) is 6.07 Å². The van der Waals surface area contributed by atoms with Crippen molar-refractivity contribution < 1.29 is 14.6 Å². The highest BCUT2D eigenvalue weighted by molar-refractivity contribution is 6.31. The van der Waals surface area contributed by atoms with Crippen molar-refractivity contribution in [1.82, 2.24) is 0 Å². The van der Waals surface area contributed by atoms with Crippen molar-refractivity contribution in [2.24, 2.45) is 5.73 Å². The van der Waals surface area contributed by atoms with Gasteiger partial charge in [-0.3, -0.25) is 4.79 Å². The summed E-state index contributed by atoms with van der Waals surface area (Å²) in [5.74, 6) is 0.0913. The summed E-state index contributed by atoms with van der Waals surface area (Å²) in [6.07, 6.45) is 2.18. The number of halogens is 1. The standard InChI is InChI=1S/C23H30ClNO3/c1-16-9-17(2)11-18(10-16)5-4-6-22(27)19-7-8-20(21(24)12-19)13-28-15-23(3,25)14-26/h7-12,26H,4-6,13-15,25H2,1-3H3. The first-order valence-corrected chi connectivity index (χ1v) is 9.94. The van der Waals surface area contributed by atoms with Crippen LogP contribution in [0.25, 0.3) is 0 Å². The molecule has 0 spiro atoms. The van der Waals surface area contributed by atoms with E-state index >= 15 is 0 Å². The number of aryl methyl sites for hydroxylation is 3. The van der Waals surface area contributed by atoms with Crippen molar-refractivity contribution in [2.45, 2.75) is 52.2 Å². The first-order valence-electron chi connectivity index (χ1n) is 9.56. The highest BCUT2D eigenvalue weighted by atomic mass is 35.5. The van der Waals surface area contributed by atoms with Crippen LogP contribution in [0.5, 0.6) is 0 Å². The van der Waals surface area contributed by atoms with Gasteiger partial charge in [0, 0.05) is 17.0 Å². The third-order valence-electron chi connectivity index (χ3n) is 4.58. The molecule has 0 bridgehead atoms. The van der Waals surface area contributed by atoms with Gasteiger partial charge < -0.3 is 15.6 Å². The predicted molar refractivity (Wildman–Crippen MR) is 114 cm³/mol. The lowest BCUT2D eigenvalue weighted by Gasteiger charge is -2.21. The van der Waals surface area contributed by atoms with Crippen LogP contribution < -0.4 is 5.73 Å². The van der Waals surface area contributed by atoms with E-state index in [9.17, 15) is 4.79 Å². The number of hydrogen-bond acceptors (Lipinski definition) is 4. The lowest BCUT2D eigenvalue weighted by atomic mass is 9.99. The van der Waals surface area contributed by atoms with Gasteiger partial charge in [0.2, 0.25) is 0 Å². The van der Waals surface area contributed by atoms with Crippen molar-refractivity contribution in [3.63, 3.8) is 0 Å². The predicted octanol–water partition coefficient (Wildman–Crippen LogP) is 4.39. The second kappa shape index (κ2) is 10.2. The van der Waals surface area contributed by atoms with Gasteiger partial charge in [0.25, 0.3) is 0 Å². The van der Waals surface area contributed by atoms with Crippen LogP contribution in [0.15, 0.2) is 36.4 Å². The average Bonchev–Trinajstić information content (AvgIpc) is 2.62. The molecule has 5 heteroatoms. The molecular formula is C23H30ClNO3. The molecule has 0 radical (unpaired) electrons. The number of ketones is 1. The highest BCUT2D eigenvalue weighted by Crippen LogP contribution is 2.21. The molecule has 0 saturated carbocycles. The maximum absolute atomic E-state index is 12.5. The number of aliphatic hydroxyl groups is 1. The Kier molecular flexibility index (Phi) is 8.20. The minimum Gasteiger partial charge on any atom is -0.394 e. The summed E-state index contributed by atoms with van der Waals surface area (Å²) in [7, 11) is 0. The van der Waals surface area contributed by atoms with Crippen molar-refractivity contribution in [3.8, 4) is 0 Å². The first kappa shape index (κ1) is 22.6. The Balaban J connectivity index is 1.87. The molecule has 4 nitrogen and oxygen atoms in total. The Morgan fingerprint density at radius 2 is 1.86 bits per heavy atom. The Morgan fingerprint density at radius 1 is 1.18 bits per heavy atom. The number of benzene rings is 2. The largest absolute Gasteiger partial charge is 0.394 e. The molecule has 1 atom stereocenters. The van der Waals surface area contributed by atoms with Crippen molar-refractivity contribution >= 4 is 17.4 Å². The molecule has 1 unspecified atom stereocenters. The van der Waals surface area contributed by atoms with E-state index in [0.717, 1.165) is 18.4 Å². The van der Waals surface area contributed by atoms with E-state index in [1.54, 1.807) is 19.1 Å². The van der Waals surface area contributed by atoms with E-state index in [4.69, 9.17) is 27.2 Å². The number of carbonyl (C=O) groups is 1. The fourth-order valence-corrected chi connectivity index (χ4v) is 3.32. The molecular weight excluding hydrogens is 374 g/mol. The molecule has 2 aromatic carbocycles. The van der Waals surface area contributed by atoms with Crippen LogP contribution in [0.1, 0.15) is 52.4 Å². The van der Waals surface area contributed by atoms with Gasteiger partial charge in [0.05, 0.1) is 25.4 Å². The van der Waals surface area contributed by atoms with Gasteiger partial charge in [-0.1, -0.05) is 53.1 Å². The Hall–Kier alpha value is -1.72. The monoisotopic (exact) mass is 403 g/mol. The zero-order valence-electron chi connectivity index (χ0n) is 16.9. The fraction of sp³-hybridized carbons (Fsp3) is 0.435. The summed E-state index contributed by atoms with van der Waals surface area (Å²) in [5.41, 5.74) is 10.2. The lowest BCUT2D eigenvalue weighted by molar-refractivity contribution is 0.0535.